The molecule has 0 aromatic carbocycles. The van der Waals surface area contributed by atoms with Crippen LogP contribution in [0.2, 0.25) is 0 Å². The quantitative estimate of drug-likeness (QED) is 0.497. The Morgan fingerprint density at radius 2 is 2.00 bits per heavy atom. The second-order valence-electron chi connectivity index (χ2n) is 3.81. The van der Waals surface area contributed by atoms with Crippen molar-refractivity contribution in [3.8, 4) is 0 Å². The maximum absolute atomic E-state index is 10.7. The lowest BCUT2D eigenvalue weighted by Crippen LogP contribution is -2.64. The minimum Gasteiger partial charge on any atom is -0.350 e. The van der Waals surface area contributed by atoms with Gasteiger partial charge in [-0.1, -0.05) is 0 Å². The number of nitrogens with one attached hydrogen (secondary N) is 1. The van der Waals surface area contributed by atoms with Gasteiger partial charge in [-0.15, -0.1) is 0 Å². The topological polar surface area (TPSA) is 32.3 Å². The van der Waals surface area contributed by atoms with Gasteiger partial charge in [0.15, 0.2) is 0 Å². The van der Waals surface area contributed by atoms with Gasteiger partial charge in [0, 0.05) is 19.5 Å². The molecule has 2 aliphatic rings. The number of hydrogen-bond acceptors (Lipinski definition) is 2. The molecule has 0 radical (unpaired) electrons. The summed E-state index contributed by atoms with van der Waals surface area (Å²) in [7, 11) is 2.13. The van der Waals surface area contributed by atoms with E-state index in [4.69, 9.17) is 0 Å². The van der Waals surface area contributed by atoms with Crippen molar-refractivity contribution >= 4 is 5.91 Å². The van der Waals surface area contributed by atoms with Crippen LogP contribution in [0.15, 0.2) is 0 Å². The fourth-order valence-electron chi connectivity index (χ4n) is 1.93. The van der Waals surface area contributed by atoms with E-state index >= 15 is 0 Å². The molecule has 3 nitrogen and oxygen atoms in total. The van der Waals surface area contributed by atoms with Crippen molar-refractivity contribution in [3.63, 3.8) is 0 Å². The fraction of sp³-hybridized carbons (Fsp3) is 0.875. The van der Waals surface area contributed by atoms with Crippen molar-refractivity contribution in [1.82, 2.24) is 10.2 Å². The Labute approximate surface area is 66.8 Å². The molecule has 2 rings (SSSR count). The summed E-state index contributed by atoms with van der Waals surface area (Å²) in [6.07, 6.45) is 3.03. The first-order chi connectivity index (χ1) is 5.20. The van der Waals surface area contributed by atoms with Crippen molar-refractivity contribution in [2.75, 3.05) is 20.1 Å². The minimum absolute atomic E-state index is 0.212. The molecule has 0 bridgehead atoms. The average Bonchev–Trinajstić information content (AvgIpc) is 1.92. The molecule has 3 heteroatoms. The molecule has 11 heavy (non-hydrogen) atoms. The molecule has 0 aromatic rings. The molecule has 2 aliphatic heterocycles. The molecule has 0 atom stereocenters. The van der Waals surface area contributed by atoms with Crippen molar-refractivity contribution < 1.29 is 4.79 Å². The molecular weight excluding hydrogens is 140 g/mol. The summed E-state index contributed by atoms with van der Waals surface area (Å²) in [5, 5.41) is 3.01. The number of β-lactam (4-membered cyclic amide) rings is 1. The summed E-state index contributed by atoms with van der Waals surface area (Å²) < 4.78 is 0. The molecule has 1 N–H and O–H groups in total. The van der Waals surface area contributed by atoms with Crippen molar-refractivity contribution in [1.29, 1.82) is 0 Å². The first kappa shape index (κ1) is 7.10. The highest BCUT2D eigenvalue weighted by Crippen LogP contribution is 2.31. The summed E-state index contributed by atoms with van der Waals surface area (Å²) in [5.74, 6) is 0.231. The van der Waals surface area contributed by atoms with E-state index in [1.165, 1.54) is 0 Å². The Balaban J connectivity index is 1.92. The van der Waals surface area contributed by atoms with E-state index in [1.807, 2.05) is 0 Å². The van der Waals surface area contributed by atoms with Gasteiger partial charge >= 0.3 is 0 Å². The largest absolute Gasteiger partial charge is 0.350 e. The van der Waals surface area contributed by atoms with Gasteiger partial charge in [-0.2, -0.15) is 0 Å². The third-order valence-electron chi connectivity index (χ3n) is 2.85. The van der Waals surface area contributed by atoms with Gasteiger partial charge < -0.3 is 10.2 Å². The third kappa shape index (κ3) is 1.13. The molecule has 1 spiro atoms. The Hall–Kier alpha value is -0.570. The van der Waals surface area contributed by atoms with E-state index < -0.39 is 0 Å². The van der Waals surface area contributed by atoms with Crippen LogP contribution in [0.1, 0.15) is 19.3 Å². The summed E-state index contributed by atoms with van der Waals surface area (Å²) in [6.45, 7) is 2.25. The van der Waals surface area contributed by atoms with Gasteiger partial charge in [-0.05, 0) is 19.9 Å². The lowest BCUT2D eigenvalue weighted by atomic mass is 9.78. The van der Waals surface area contributed by atoms with Crippen LogP contribution in [0.25, 0.3) is 0 Å². The lowest BCUT2D eigenvalue weighted by Gasteiger charge is -2.47. The summed E-state index contributed by atoms with van der Waals surface area (Å²) in [6, 6.07) is 0. The fourth-order valence-corrected chi connectivity index (χ4v) is 1.93. The summed E-state index contributed by atoms with van der Waals surface area (Å²) >= 11 is 0. The number of carbonyl (C=O) groups excluding carboxylic acids is 1. The van der Waals surface area contributed by atoms with Gasteiger partial charge in [0.2, 0.25) is 5.91 Å². The van der Waals surface area contributed by atoms with E-state index in [-0.39, 0.29) is 11.4 Å². The van der Waals surface area contributed by atoms with Crippen molar-refractivity contribution in [2.45, 2.75) is 24.8 Å². The lowest BCUT2D eigenvalue weighted by molar-refractivity contribution is -0.134. The summed E-state index contributed by atoms with van der Waals surface area (Å²) in [4.78, 5) is 13.0. The molecule has 0 aliphatic carbocycles. The first-order valence-corrected chi connectivity index (χ1v) is 4.20. The normalized spacial score (nSPS) is 29.7. The second-order valence-corrected chi connectivity index (χ2v) is 3.81. The zero-order valence-corrected chi connectivity index (χ0v) is 6.89. The molecule has 2 heterocycles. The number of carbonyl (C=O) groups is 1. The molecule has 2 fully saturated rings. The molecule has 2 saturated heterocycles. The standard InChI is InChI=1S/C8H14N2O/c1-10-4-2-8(3-5-10)6-7(11)9-8/h2-6H2,1H3,(H,9,11). The Kier molecular flexibility index (Phi) is 1.42. The van der Waals surface area contributed by atoms with Gasteiger partial charge in [-0.3, -0.25) is 4.79 Å². The number of likely N-dealkylation sites (tertiary alicyclic amines) is 1. The molecule has 62 valence electrons. The highest BCUT2D eigenvalue weighted by Gasteiger charge is 2.43. The van der Waals surface area contributed by atoms with E-state index in [1.54, 1.807) is 0 Å². The Morgan fingerprint density at radius 3 is 2.45 bits per heavy atom. The zero-order chi connectivity index (χ0) is 7.90. The SMILES string of the molecule is CN1CCC2(CC1)CC(=O)N2. The number of nitrogens with zero attached hydrogens (tertiary/aromatic N) is 1. The van der Waals surface area contributed by atoms with Crippen LogP contribution in [0.4, 0.5) is 0 Å². The molecule has 1 amide bonds. The predicted octanol–water partition coefficient (Wildman–Crippen LogP) is -0.0293. The van der Waals surface area contributed by atoms with E-state index in [2.05, 4.69) is 17.3 Å². The molecular formula is C8H14N2O. The highest BCUT2D eigenvalue weighted by molar-refractivity contribution is 5.84. The van der Waals surface area contributed by atoms with Crippen LogP contribution in [0, 0.1) is 0 Å². The van der Waals surface area contributed by atoms with E-state index in [9.17, 15) is 4.79 Å². The number of amides is 1. The number of piperidine rings is 1. The predicted molar refractivity (Wildman–Crippen MR) is 42.2 cm³/mol. The maximum atomic E-state index is 10.7. The van der Waals surface area contributed by atoms with Gasteiger partial charge in [-0.25, -0.2) is 0 Å². The van der Waals surface area contributed by atoms with Gasteiger partial charge in [0.1, 0.15) is 0 Å². The van der Waals surface area contributed by atoms with Crippen molar-refractivity contribution in [3.05, 3.63) is 0 Å². The smallest absolute Gasteiger partial charge is 0.222 e. The van der Waals surface area contributed by atoms with E-state index in [0.29, 0.717) is 0 Å². The molecule has 0 aromatic heterocycles. The molecule has 0 saturated carbocycles. The third-order valence-corrected chi connectivity index (χ3v) is 2.85. The Bertz CT molecular complexity index is 173. The first-order valence-electron chi connectivity index (χ1n) is 4.20. The van der Waals surface area contributed by atoms with Crippen LogP contribution >= 0.6 is 0 Å². The van der Waals surface area contributed by atoms with Crippen LogP contribution in [0.5, 0.6) is 0 Å². The van der Waals surface area contributed by atoms with Crippen LogP contribution in [0.3, 0.4) is 0 Å². The highest BCUT2D eigenvalue weighted by atomic mass is 16.2. The zero-order valence-electron chi connectivity index (χ0n) is 6.89. The maximum Gasteiger partial charge on any atom is 0.222 e. The molecule has 0 unspecified atom stereocenters. The van der Waals surface area contributed by atoms with Gasteiger partial charge in [0.05, 0.1) is 5.54 Å². The number of hydrogen-bond donors (Lipinski definition) is 1. The van der Waals surface area contributed by atoms with Crippen LogP contribution in [-0.2, 0) is 4.79 Å². The second kappa shape index (κ2) is 2.21. The minimum atomic E-state index is 0.212. The Morgan fingerprint density at radius 1 is 1.45 bits per heavy atom. The average molecular weight is 154 g/mol. The van der Waals surface area contributed by atoms with E-state index in [0.717, 1.165) is 32.4 Å². The number of rotatable bonds is 0. The van der Waals surface area contributed by atoms with Crippen molar-refractivity contribution in [2.24, 2.45) is 0 Å². The van der Waals surface area contributed by atoms with Crippen LogP contribution < -0.4 is 5.32 Å². The monoisotopic (exact) mass is 154 g/mol. The van der Waals surface area contributed by atoms with Crippen LogP contribution in [-0.4, -0.2) is 36.5 Å². The van der Waals surface area contributed by atoms with Gasteiger partial charge in [0.25, 0.3) is 0 Å². The summed E-state index contributed by atoms with van der Waals surface area (Å²) in [5.41, 5.74) is 0.212.